The number of phenols is 2. The van der Waals surface area contributed by atoms with Crippen LogP contribution in [0.5, 0.6) is 11.5 Å². The van der Waals surface area contributed by atoms with Crippen molar-refractivity contribution in [3.8, 4) is 34.0 Å². The summed E-state index contributed by atoms with van der Waals surface area (Å²) in [6, 6.07) is 14.3. The fourth-order valence-electron chi connectivity index (χ4n) is 3.58. The number of phenolic OH excluding ortho intramolecular Hbond substituents is 2. The van der Waals surface area contributed by atoms with E-state index in [0.717, 1.165) is 16.6 Å². The van der Waals surface area contributed by atoms with E-state index < -0.39 is 0 Å². The minimum Gasteiger partial charge on any atom is -0.507 e. The number of amides is 1. The van der Waals surface area contributed by atoms with E-state index in [1.165, 1.54) is 0 Å². The number of amidine groups is 1. The Morgan fingerprint density at radius 1 is 0.976 bits per heavy atom. The number of nitrogens with two attached hydrogens (primary N) is 2. The Morgan fingerprint density at radius 2 is 1.55 bits per heavy atom. The molecule has 0 radical (unpaired) electrons. The van der Waals surface area contributed by atoms with E-state index in [2.05, 4.69) is 15.3 Å². The van der Waals surface area contributed by atoms with Crippen molar-refractivity contribution in [1.82, 2.24) is 15.3 Å². The van der Waals surface area contributed by atoms with Crippen LogP contribution in [-0.2, 0) is 11.3 Å². The summed E-state index contributed by atoms with van der Waals surface area (Å²) in [5.41, 5.74) is 15.9. The Balaban J connectivity index is 0.000000628. The first-order chi connectivity index (χ1) is 19.7. The Kier molecular flexibility index (Phi) is 14.2. The maximum atomic E-state index is 11.1. The molecular weight excluding hydrogens is 532 g/mol. The number of fused-ring (bicyclic) bond motifs is 1. The van der Waals surface area contributed by atoms with Crippen molar-refractivity contribution in [3.63, 3.8) is 0 Å². The number of primary amides is 1. The Labute approximate surface area is 248 Å². The van der Waals surface area contributed by atoms with Crippen LogP contribution in [0.4, 0.5) is 0 Å². The van der Waals surface area contributed by atoms with Gasteiger partial charge in [0.05, 0.1) is 16.6 Å². The monoisotopic (exact) mass is 578 g/mol. The summed E-state index contributed by atoms with van der Waals surface area (Å²) in [4.78, 5) is 17.7. The largest absolute Gasteiger partial charge is 0.507 e. The van der Waals surface area contributed by atoms with Crippen LogP contribution in [0, 0.1) is 18.3 Å². The molecule has 4 aromatic rings. The molecule has 1 aromatic heterocycles. The number of hydrogen-bond acceptors (Lipinski definition) is 7. The van der Waals surface area contributed by atoms with Gasteiger partial charge in [-0.2, -0.15) is 0 Å². The lowest BCUT2D eigenvalue weighted by Crippen LogP contribution is -2.17. The summed E-state index contributed by atoms with van der Waals surface area (Å²) >= 11 is 0. The molecule has 0 atom stereocenters. The molecule has 10 heteroatoms. The number of imidazole rings is 1. The maximum Gasteiger partial charge on any atom is 0.219 e. The fourth-order valence-corrected chi connectivity index (χ4v) is 3.58. The number of nitrogens with zero attached hydrogens (tertiary/aromatic N) is 1. The van der Waals surface area contributed by atoms with Gasteiger partial charge in [0.25, 0.3) is 0 Å². The van der Waals surface area contributed by atoms with Gasteiger partial charge in [-0.15, -0.1) is 0 Å². The van der Waals surface area contributed by atoms with Gasteiger partial charge in [0.15, 0.2) is 0 Å². The van der Waals surface area contributed by atoms with Crippen molar-refractivity contribution >= 4 is 22.8 Å². The number of aryl methyl sites for hydroxylation is 1. The first-order valence-corrected chi connectivity index (χ1v) is 13.9. The Morgan fingerprint density at radius 3 is 2.07 bits per heavy atom. The maximum absolute atomic E-state index is 11.1. The Hall–Kier alpha value is -4.41. The second-order valence-corrected chi connectivity index (χ2v) is 9.97. The molecule has 0 bridgehead atoms. The number of aromatic nitrogens is 2. The van der Waals surface area contributed by atoms with Gasteiger partial charge in [-0.1, -0.05) is 33.8 Å². The fraction of sp³-hybridized carbons (Fsp3) is 0.344. The van der Waals surface area contributed by atoms with Crippen LogP contribution in [0.25, 0.3) is 33.5 Å². The van der Waals surface area contributed by atoms with Crippen LogP contribution in [0.15, 0.2) is 48.5 Å². The molecule has 0 aliphatic heterocycles. The molecule has 42 heavy (non-hydrogen) atoms. The van der Waals surface area contributed by atoms with E-state index in [4.69, 9.17) is 22.0 Å². The number of nitrogens with one attached hydrogen (secondary N) is 3. The van der Waals surface area contributed by atoms with Gasteiger partial charge in [-0.3, -0.25) is 10.2 Å². The van der Waals surface area contributed by atoms with E-state index in [9.17, 15) is 15.0 Å². The van der Waals surface area contributed by atoms with Gasteiger partial charge in [0.1, 0.15) is 23.2 Å². The first kappa shape index (κ1) is 35.6. The lowest BCUT2D eigenvalue weighted by atomic mass is 9.96. The SMILES string of the molecule is CC.CC(C)C(N)=O.CC(C)O.CNCc1ccc(O)c(-c2cc(C)cc(-c3nc4ccc(C(=N)N)cc4[nH]3)c2O)c1. The third-order valence-electron chi connectivity index (χ3n) is 5.60. The molecule has 1 amide bonds. The second kappa shape index (κ2) is 16.8. The molecule has 10 N–H and O–H groups in total. The first-order valence-electron chi connectivity index (χ1n) is 13.9. The lowest BCUT2D eigenvalue weighted by Gasteiger charge is -2.13. The Bertz CT molecular complexity index is 1470. The zero-order valence-electron chi connectivity index (χ0n) is 25.8. The minimum absolute atomic E-state index is 0.00926. The standard InChI is InChI=1S/C23H23N5O2.C4H9NO.C3H8O.C2H6/c1-12-7-16(15-9-13(11-26-2)3-6-20(15)29)21(30)17(8-12)23-27-18-5-4-14(22(24)25)10-19(18)28-23;1-3(2)4(5)6;1-3(2)4;1-2/h3-10,26,29-30H,11H2,1-2H3,(H3,24,25)(H,27,28);3H,1-2H3,(H2,5,6);3-4H,1-2H3;1-2H3. The number of carbonyl (C=O) groups excluding carboxylic acids is 1. The summed E-state index contributed by atoms with van der Waals surface area (Å²) in [5, 5.41) is 40.3. The van der Waals surface area contributed by atoms with Crippen molar-refractivity contribution in [3.05, 3.63) is 65.2 Å². The van der Waals surface area contributed by atoms with E-state index >= 15 is 0 Å². The van der Waals surface area contributed by atoms with Crippen LogP contribution in [-0.4, -0.2) is 50.2 Å². The third kappa shape index (κ3) is 10.2. The van der Waals surface area contributed by atoms with Gasteiger partial charge in [-0.25, -0.2) is 4.98 Å². The summed E-state index contributed by atoms with van der Waals surface area (Å²) in [7, 11) is 1.86. The molecule has 4 rings (SSSR count). The molecule has 228 valence electrons. The lowest BCUT2D eigenvalue weighted by molar-refractivity contribution is -0.120. The smallest absolute Gasteiger partial charge is 0.219 e. The number of aromatic amines is 1. The third-order valence-corrected chi connectivity index (χ3v) is 5.60. The number of aliphatic hydroxyl groups excluding tert-OH is 1. The van der Waals surface area contributed by atoms with Gasteiger partial charge >= 0.3 is 0 Å². The summed E-state index contributed by atoms with van der Waals surface area (Å²) in [6.45, 7) is 13.6. The van der Waals surface area contributed by atoms with Gasteiger partial charge in [-0.05, 0) is 81.4 Å². The number of aliphatic hydroxyl groups is 1. The number of benzene rings is 3. The number of carbonyl (C=O) groups is 1. The van der Waals surface area contributed by atoms with Crippen LogP contribution < -0.4 is 16.8 Å². The van der Waals surface area contributed by atoms with Crippen LogP contribution in [0.2, 0.25) is 0 Å². The molecule has 0 saturated heterocycles. The summed E-state index contributed by atoms with van der Waals surface area (Å²) < 4.78 is 0. The highest BCUT2D eigenvalue weighted by molar-refractivity contribution is 5.98. The highest BCUT2D eigenvalue weighted by Crippen LogP contribution is 2.42. The molecule has 1 heterocycles. The van der Waals surface area contributed by atoms with E-state index in [1.54, 1.807) is 52.0 Å². The average Bonchev–Trinajstić information content (AvgIpc) is 3.35. The molecular formula is C32H46N6O4. The summed E-state index contributed by atoms with van der Waals surface area (Å²) in [5.74, 6) is 0.352. The van der Waals surface area contributed by atoms with Crippen LogP contribution in [0.3, 0.4) is 0 Å². The van der Waals surface area contributed by atoms with Gasteiger partial charge < -0.3 is 37.1 Å². The highest BCUT2D eigenvalue weighted by atomic mass is 16.3. The van der Waals surface area contributed by atoms with Crippen molar-refractivity contribution in [2.75, 3.05) is 7.05 Å². The van der Waals surface area contributed by atoms with E-state index in [-0.39, 0.29) is 35.3 Å². The predicted octanol–water partition coefficient (Wildman–Crippen LogP) is 5.16. The average molecular weight is 579 g/mol. The second-order valence-electron chi connectivity index (χ2n) is 9.97. The highest BCUT2D eigenvalue weighted by Gasteiger charge is 2.18. The quantitative estimate of drug-likeness (QED) is 0.114. The number of H-pyrrole nitrogens is 1. The van der Waals surface area contributed by atoms with Gasteiger partial charge in [0, 0.05) is 35.3 Å². The molecule has 0 saturated carbocycles. The zero-order chi connectivity index (χ0) is 32.1. The molecule has 0 unspecified atom stereocenters. The normalized spacial score (nSPS) is 10.3. The molecule has 0 aliphatic carbocycles. The minimum atomic E-state index is -0.241. The molecule has 0 fully saturated rings. The van der Waals surface area contributed by atoms with Crippen LogP contribution in [0.1, 0.15) is 58.2 Å². The number of hydrogen-bond donors (Lipinski definition) is 8. The predicted molar refractivity (Wildman–Crippen MR) is 172 cm³/mol. The van der Waals surface area contributed by atoms with Crippen molar-refractivity contribution in [2.45, 2.75) is 61.1 Å². The zero-order valence-corrected chi connectivity index (χ0v) is 25.8. The molecule has 0 spiro atoms. The number of aromatic hydroxyl groups is 2. The van der Waals surface area contributed by atoms with Crippen molar-refractivity contribution in [1.29, 1.82) is 5.41 Å². The number of rotatable bonds is 6. The number of nitrogen functional groups attached to an aromatic ring is 1. The van der Waals surface area contributed by atoms with Crippen LogP contribution >= 0.6 is 0 Å². The van der Waals surface area contributed by atoms with E-state index in [0.29, 0.717) is 40.1 Å². The van der Waals surface area contributed by atoms with Crippen molar-refractivity contribution in [2.24, 2.45) is 17.4 Å². The summed E-state index contributed by atoms with van der Waals surface area (Å²) in [6.07, 6.45) is -0.167. The van der Waals surface area contributed by atoms with E-state index in [1.807, 2.05) is 52.1 Å². The molecule has 10 nitrogen and oxygen atoms in total. The van der Waals surface area contributed by atoms with Crippen molar-refractivity contribution < 1.29 is 20.1 Å². The molecule has 0 aliphatic rings. The van der Waals surface area contributed by atoms with Gasteiger partial charge in [0.2, 0.25) is 5.91 Å². The molecule has 3 aromatic carbocycles. The topological polar surface area (TPSA) is 194 Å².